The van der Waals surface area contributed by atoms with Crippen molar-refractivity contribution < 1.29 is 9.90 Å². The SMILES string of the molecule is O=C1N=C(c2ccc(Br)cc2)c2c(O)[nH]c(-c3ccc(Br)cc3)c21. The molecule has 6 heteroatoms. The molecule has 0 spiro atoms. The van der Waals surface area contributed by atoms with Crippen LogP contribution in [0.5, 0.6) is 5.88 Å². The quantitative estimate of drug-likeness (QED) is 0.588. The lowest BCUT2D eigenvalue weighted by Crippen LogP contribution is -1.99. The van der Waals surface area contributed by atoms with E-state index in [-0.39, 0.29) is 11.8 Å². The molecule has 1 aliphatic rings. The summed E-state index contributed by atoms with van der Waals surface area (Å²) in [4.78, 5) is 19.5. The van der Waals surface area contributed by atoms with Crippen molar-refractivity contribution in [1.82, 2.24) is 4.98 Å². The maximum absolute atomic E-state index is 12.5. The van der Waals surface area contributed by atoms with Crippen molar-refractivity contribution in [2.24, 2.45) is 4.99 Å². The maximum Gasteiger partial charge on any atom is 0.280 e. The minimum Gasteiger partial charge on any atom is -0.494 e. The third-order valence-corrected chi connectivity index (χ3v) is 4.95. The number of hydrogen-bond donors (Lipinski definition) is 2. The fraction of sp³-hybridized carbons (Fsp3) is 0. The minimum absolute atomic E-state index is 0.0459. The number of aliphatic imine (C=N–C) groups is 1. The van der Waals surface area contributed by atoms with E-state index in [9.17, 15) is 9.90 Å². The maximum atomic E-state index is 12.5. The van der Waals surface area contributed by atoms with Crippen molar-refractivity contribution in [3.8, 4) is 17.1 Å². The molecule has 0 saturated carbocycles. The standard InChI is InChI=1S/C18H10Br2N2O2/c19-11-5-1-9(2-6-11)15-13-14(18(24)21-15)16(22-17(13)23)10-3-7-12(20)8-4-10/h1-8,21,24H. The van der Waals surface area contributed by atoms with Crippen LogP contribution >= 0.6 is 31.9 Å². The van der Waals surface area contributed by atoms with E-state index in [1.165, 1.54) is 0 Å². The van der Waals surface area contributed by atoms with Crippen LogP contribution in [-0.4, -0.2) is 21.7 Å². The van der Waals surface area contributed by atoms with Crippen molar-refractivity contribution in [3.05, 3.63) is 74.2 Å². The molecule has 0 fully saturated rings. The van der Waals surface area contributed by atoms with Crippen LogP contribution in [0.15, 0.2) is 62.5 Å². The number of amides is 1. The highest BCUT2D eigenvalue weighted by Crippen LogP contribution is 2.38. The van der Waals surface area contributed by atoms with E-state index >= 15 is 0 Å². The summed E-state index contributed by atoms with van der Waals surface area (Å²) in [7, 11) is 0. The first kappa shape index (κ1) is 15.4. The second-order valence-corrected chi connectivity index (χ2v) is 7.21. The Morgan fingerprint density at radius 3 is 1.96 bits per heavy atom. The largest absolute Gasteiger partial charge is 0.494 e. The second kappa shape index (κ2) is 5.72. The smallest absolute Gasteiger partial charge is 0.280 e. The highest BCUT2D eigenvalue weighted by Gasteiger charge is 2.33. The van der Waals surface area contributed by atoms with Crippen LogP contribution in [0.1, 0.15) is 21.5 Å². The molecule has 2 aromatic carbocycles. The zero-order valence-corrected chi connectivity index (χ0v) is 15.3. The van der Waals surface area contributed by atoms with Crippen LogP contribution in [0, 0.1) is 0 Å². The van der Waals surface area contributed by atoms with Gasteiger partial charge in [0.2, 0.25) is 0 Å². The molecule has 0 bridgehead atoms. The number of carbonyl (C=O) groups excluding carboxylic acids is 1. The summed E-state index contributed by atoms with van der Waals surface area (Å²) < 4.78 is 1.88. The molecular weight excluding hydrogens is 436 g/mol. The molecule has 1 amide bonds. The molecule has 0 radical (unpaired) electrons. The Morgan fingerprint density at radius 2 is 1.38 bits per heavy atom. The molecule has 0 unspecified atom stereocenters. The van der Waals surface area contributed by atoms with Gasteiger partial charge in [-0.15, -0.1) is 0 Å². The van der Waals surface area contributed by atoms with Crippen molar-refractivity contribution in [3.63, 3.8) is 0 Å². The van der Waals surface area contributed by atoms with E-state index in [2.05, 4.69) is 41.8 Å². The average Bonchev–Trinajstić information content (AvgIpc) is 3.08. The number of H-pyrrole nitrogens is 1. The molecule has 2 N–H and O–H groups in total. The molecule has 1 aliphatic heterocycles. The topological polar surface area (TPSA) is 65.4 Å². The number of hydrogen-bond acceptors (Lipinski definition) is 2. The number of carbonyl (C=O) groups is 1. The molecule has 0 saturated heterocycles. The van der Waals surface area contributed by atoms with Gasteiger partial charge in [-0.2, -0.15) is 0 Å². The van der Waals surface area contributed by atoms with Gasteiger partial charge in [0.05, 0.1) is 22.5 Å². The van der Waals surface area contributed by atoms with Crippen molar-refractivity contribution in [1.29, 1.82) is 0 Å². The fourth-order valence-electron chi connectivity index (χ4n) is 2.79. The number of halogens is 2. The molecule has 2 heterocycles. The van der Waals surface area contributed by atoms with Crippen LogP contribution in [-0.2, 0) is 0 Å². The van der Waals surface area contributed by atoms with Gasteiger partial charge in [0, 0.05) is 14.5 Å². The van der Waals surface area contributed by atoms with Gasteiger partial charge >= 0.3 is 0 Å². The summed E-state index contributed by atoms with van der Waals surface area (Å²) in [5.74, 6) is -0.396. The molecule has 1 aromatic heterocycles. The van der Waals surface area contributed by atoms with E-state index in [0.717, 1.165) is 20.1 Å². The number of aromatic amines is 1. The molecule has 0 aliphatic carbocycles. The van der Waals surface area contributed by atoms with E-state index in [1.807, 2.05) is 48.5 Å². The number of rotatable bonds is 2. The number of fused-ring (bicyclic) bond motifs is 1. The van der Waals surface area contributed by atoms with Gasteiger partial charge in [0.1, 0.15) is 0 Å². The number of nitrogens with one attached hydrogen (secondary N) is 1. The van der Waals surface area contributed by atoms with Crippen LogP contribution in [0.25, 0.3) is 11.3 Å². The van der Waals surface area contributed by atoms with Gasteiger partial charge in [0.25, 0.3) is 5.91 Å². The lowest BCUT2D eigenvalue weighted by atomic mass is 10.0. The van der Waals surface area contributed by atoms with Crippen LogP contribution < -0.4 is 0 Å². The zero-order valence-electron chi connectivity index (χ0n) is 12.2. The third-order valence-electron chi connectivity index (χ3n) is 3.89. The monoisotopic (exact) mass is 444 g/mol. The first-order valence-electron chi connectivity index (χ1n) is 7.15. The predicted molar refractivity (Wildman–Crippen MR) is 99.7 cm³/mol. The van der Waals surface area contributed by atoms with Crippen LogP contribution in [0.2, 0.25) is 0 Å². The van der Waals surface area contributed by atoms with Gasteiger partial charge in [-0.3, -0.25) is 4.79 Å². The van der Waals surface area contributed by atoms with Crippen LogP contribution in [0.3, 0.4) is 0 Å². The lowest BCUT2D eigenvalue weighted by Gasteiger charge is -2.01. The Bertz CT molecular complexity index is 987. The normalized spacial score (nSPS) is 13.1. The third kappa shape index (κ3) is 2.42. The zero-order chi connectivity index (χ0) is 16.8. The molecule has 4 rings (SSSR count). The summed E-state index contributed by atoms with van der Waals surface area (Å²) in [5, 5.41) is 10.4. The van der Waals surface area contributed by atoms with Crippen molar-refractivity contribution >= 4 is 43.5 Å². The van der Waals surface area contributed by atoms with E-state index in [0.29, 0.717) is 22.5 Å². The van der Waals surface area contributed by atoms with E-state index in [4.69, 9.17) is 0 Å². The summed E-state index contributed by atoms with van der Waals surface area (Å²) in [5.41, 5.74) is 3.53. The van der Waals surface area contributed by atoms with E-state index < -0.39 is 0 Å². The highest BCUT2D eigenvalue weighted by atomic mass is 79.9. The van der Waals surface area contributed by atoms with Gasteiger partial charge in [-0.25, -0.2) is 4.99 Å². The minimum atomic E-state index is -0.350. The number of aromatic hydroxyl groups is 1. The van der Waals surface area contributed by atoms with Gasteiger partial charge in [-0.05, 0) is 29.8 Å². The molecular formula is C18H10Br2N2O2. The Hall–Kier alpha value is -2.18. The summed E-state index contributed by atoms with van der Waals surface area (Å²) in [6.07, 6.45) is 0. The summed E-state index contributed by atoms with van der Waals surface area (Å²) >= 11 is 6.78. The number of benzene rings is 2. The Balaban J connectivity index is 1.87. The fourth-order valence-corrected chi connectivity index (χ4v) is 3.32. The average molecular weight is 446 g/mol. The first-order valence-corrected chi connectivity index (χ1v) is 8.73. The first-order chi connectivity index (χ1) is 11.5. The Morgan fingerprint density at radius 1 is 0.833 bits per heavy atom. The second-order valence-electron chi connectivity index (χ2n) is 5.38. The van der Waals surface area contributed by atoms with Crippen molar-refractivity contribution in [2.75, 3.05) is 0 Å². The Labute approximate surface area is 154 Å². The lowest BCUT2D eigenvalue weighted by molar-refractivity contribution is 0.101. The van der Waals surface area contributed by atoms with Gasteiger partial charge in [-0.1, -0.05) is 56.1 Å². The van der Waals surface area contributed by atoms with Gasteiger partial charge < -0.3 is 10.1 Å². The number of nitrogens with zero attached hydrogens (tertiary/aromatic N) is 1. The predicted octanol–water partition coefficient (Wildman–Crippen LogP) is 4.90. The molecule has 118 valence electrons. The number of aromatic nitrogens is 1. The highest BCUT2D eigenvalue weighted by molar-refractivity contribution is 9.10. The molecule has 4 nitrogen and oxygen atoms in total. The van der Waals surface area contributed by atoms with Crippen molar-refractivity contribution in [2.45, 2.75) is 0 Å². The van der Waals surface area contributed by atoms with E-state index in [1.54, 1.807) is 0 Å². The van der Waals surface area contributed by atoms with Gasteiger partial charge in [0.15, 0.2) is 5.88 Å². The summed E-state index contributed by atoms with van der Waals surface area (Å²) in [6, 6.07) is 15.0. The molecule has 24 heavy (non-hydrogen) atoms. The summed E-state index contributed by atoms with van der Waals surface area (Å²) in [6.45, 7) is 0. The van der Waals surface area contributed by atoms with Crippen LogP contribution in [0.4, 0.5) is 0 Å². The molecule has 3 aromatic rings. The Kier molecular flexibility index (Phi) is 3.66. The molecule has 0 atom stereocenters.